The van der Waals surface area contributed by atoms with Crippen LogP contribution >= 0.6 is 0 Å². The number of nitrogens with zero attached hydrogens (tertiary/aromatic N) is 4. The van der Waals surface area contributed by atoms with Crippen LogP contribution in [-0.2, 0) is 4.74 Å². The Morgan fingerprint density at radius 2 is 1.76 bits per heavy atom. The number of aromatic nitrogens is 2. The maximum atomic E-state index is 13.9. The van der Waals surface area contributed by atoms with Crippen molar-refractivity contribution < 1.29 is 27.5 Å². The van der Waals surface area contributed by atoms with Gasteiger partial charge in [0.05, 0.1) is 18.8 Å². The molecule has 0 bridgehead atoms. The second-order valence-electron chi connectivity index (χ2n) is 8.23. The molecule has 178 valence electrons. The van der Waals surface area contributed by atoms with Gasteiger partial charge in [-0.15, -0.1) is 0 Å². The minimum atomic E-state index is -4.52. The molecule has 33 heavy (non-hydrogen) atoms. The lowest BCUT2D eigenvalue weighted by atomic mass is 9.96. The number of hydrogen-bond donors (Lipinski definition) is 1. The van der Waals surface area contributed by atoms with Gasteiger partial charge >= 0.3 is 12.3 Å². The van der Waals surface area contributed by atoms with Crippen LogP contribution in [0.4, 0.5) is 23.8 Å². The van der Waals surface area contributed by atoms with Gasteiger partial charge in [-0.2, -0.15) is 18.3 Å². The first-order chi connectivity index (χ1) is 15.7. The highest BCUT2D eigenvalue weighted by Crippen LogP contribution is 2.44. The smallest absolute Gasteiger partial charge is 0.410 e. The van der Waals surface area contributed by atoms with Gasteiger partial charge in [0.2, 0.25) is 0 Å². The summed E-state index contributed by atoms with van der Waals surface area (Å²) in [6, 6.07) is 4.82. The first kappa shape index (κ1) is 22.9. The van der Waals surface area contributed by atoms with Crippen molar-refractivity contribution in [3.63, 3.8) is 0 Å². The van der Waals surface area contributed by atoms with Gasteiger partial charge in [0.1, 0.15) is 11.4 Å². The Hall–Kier alpha value is -3.24. The highest BCUT2D eigenvalue weighted by molar-refractivity contribution is 5.99. The Bertz CT molecular complexity index is 1010. The van der Waals surface area contributed by atoms with Crippen LogP contribution in [-0.4, -0.2) is 70.5 Å². The van der Waals surface area contributed by atoms with Crippen molar-refractivity contribution in [2.75, 3.05) is 38.1 Å². The average molecular weight is 465 g/mol. The zero-order chi connectivity index (χ0) is 23.8. The Kier molecular flexibility index (Phi) is 6.22. The topological polar surface area (TPSA) is 79.7 Å². The van der Waals surface area contributed by atoms with Gasteiger partial charge in [-0.1, -0.05) is 29.8 Å². The third-order valence-electron chi connectivity index (χ3n) is 6.04. The highest BCUT2D eigenvalue weighted by Gasteiger charge is 2.47. The van der Waals surface area contributed by atoms with E-state index in [1.165, 1.54) is 16.0 Å². The van der Waals surface area contributed by atoms with Gasteiger partial charge in [0, 0.05) is 32.6 Å². The second-order valence-corrected chi connectivity index (χ2v) is 8.23. The van der Waals surface area contributed by atoms with Gasteiger partial charge in [-0.05, 0) is 19.4 Å². The van der Waals surface area contributed by atoms with Crippen LogP contribution in [0.5, 0.6) is 0 Å². The van der Waals surface area contributed by atoms with E-state index >= 15 is 0 Å². The molecule has 0 radical (unpaired) electrons. The number of anilines is 1. The number of nitrogens with one attached hydrogen (secondary N) is 1. The van der Waals surface area contributed by atoms with E-state index in [0.717, 1.165) is 10.2 Å². The number of rotatable bonds is 3. The van der Waals surface area contributed by atoms with Crippen LogP contribution in [0.25, 0.3) is 0 Å². The molecule has 1 N–H and O–H groups in total. The van der Waals surface area contributed by atoms with Crippen molar-refractivity contribution in [2.24, 2.45) is 0 Å². The summed E-state index contributed by atoms with van der Waals surface area (Å²) >= 11 is 0. The Morgan fingerprint density at radius 1 is 1.12 bits per heavy atom. The zero-order valence-corrected chi connectivity index (χ0v) is 18.4. The summed E-state index contributed by atoms with van der Waals surface area (Å²) in [5.74, 6) is -0.357. The Morgan fingerprint density at radius 3 is 2.36 bits per heavy atom. The number of ether oxygens (including phenoxy) is 1. The number of benzene rings is 1. The van der Waals surface area contributed by atoms with E-state index in [4.69, 9.17) is 4.74 Å². The first-order valence-electron chi connectivity index (χ1n) is 10.9. The lowest BCUT2D eigenvalue weighted by molar-refractivity contribution is -0.173. The number of amides is 2. The van der Waals surface area contributed by atoms with E-state index in [2.05, 4.69) is 10.4 Å². The van der Waals surface area contributed by atoms with E-state index in [-0.39, 0.29) is 37.5 Å². The number of piperazine rings is 1. The number of halogens is 3. The number of hydrogen-bond acceptors (Lipinski definition) is 5. The molecule has 3 heterocycles. The molecule has 1 aromatic heterocycles. The molecule has 0 saturated carbocycles. The minimum absolute atomic E-state index is 0.0620. The van der Waals surface area contributed by atoms with Crippen LogP contribution < -0.4 is 5.32 Å². The van der Waals surface area contributed by atoms with Crippen LogP contribution in [0, 0.1) is 6.92 Å². The monoisotopic (exact) mass is 465 g/mol. The van der Waals surface area contributed by atoms with E-state index < -0.39 is 30.3 Å². The summed E-state index contributed by atoms with van der Waals surface area (Å²) < 4.78 is 47.5. The quantitative estimate of drug-likeness (QED) is 0.747. The molecule has 0 unspecified atom stereocenters. The van der Waals surface area contributed by atoms with Gasteiger partial charge < -0.3 is 19.9 Å². The number of carbonyl (C=O) groups excluding carboxylic acids is 2. The van der Waals surface area contributed by atoms with Crippen LogP contribution in [0.2, 0.25) is 0 Å². The van der Waals surface area contributed by atoms with Crippen LogP contribution in [0.15, 0.2) is 30.5 Å². The van der Waals surface area contributed by atoms with Crippen molar-refractivity contribution in [3.8, 4) is 0 Å². The van der Waals surface area contributed by atoms with E-state index in [9.17, 15) is 22.8 Å². The minimum Gasteiger partial charge on any atom is -0.450 e. The lowest BCUT2D eigenvalue weighted by Gasteiger charge is -2.36. The summed E-state index contributed by atoms with van der Waals surface area (Å²) in [5.41, 5.74) is 1.80. The molecule has 11 heteroatoms. The number of fused-ring (bicyclic) bond motifs is 1. The molecule has 1 aromatic carbocycles. The Labute approximate surface area is 189 Å². The van der Waals surface area contributed by atoms with E-state index in [0.29, 0.717) is 18.7 Å². The van der Waals surface area contributed by atoms with E-state index in [1.54, 1.807) is 19.1 Å². The maximum Gasteiger partial charge on any atom is 0.410 e. The van der Waals surface area contributed by atoms with Gasteiger partial charge in [-0.3, -0.25) is 4.79 Å². The molecule has 0 spiro atoms. The van der Waals surface area contributed by atoms with Gasteiger partial charge in [-0.25, -0.2) is 9.48 Å². The first-order valence-corrected chi connectivity index (χ1v) is 10.9. The molecule has 0 aliphatic carbocycles. The normalized spacial score (nSPS) is 20.8. The van der Waals surface area contributed by atoms with Crippen molar-refractivity contribution in [1.82, 2.24) is 19.6 Å². The molecule has 4 rings (SSSR count). The average Bonchev–Trinajstić information content (AvgIpc) is 3.22. The summed E-state index contributed by atoms with van der Waals surface area (Å²) in [6.45, 7) is 4.97. The van der Waals surface area contributed by atoms with E-state index in [1.807, 2.05) is 19.1 Å². The Balaban J connectivity index is 1.57. The van der Waals surface area contributed by atoms with Crippen molar-refractivity contribution >= 4 is 17.8 Å². The SMILES string of the molecule is CCOC(=O)N1CCN(C(=O)c2cnn3c2N[C@@H](c2ccc(C)cc2)C[C@@H]3C(F)(F)F)CC1. The molecular weight excluding hydrogens is 439 g/mol. The zero-order valence-electron chi connectivity index (χ0n) is 18.4. The van der Waals surface area contributed by atoms with Gasteiger partial charge in [0.15, 0.2) is 6.04 Å². The highest BCUT2D eigenvalue weighted by atomic mass is 19.4. The molecule has 1 fully saturated rings. The fraction of sp³-hybridized carbons (Fsp3) is 0.500. The summed E-state index contributed by atoms with van der Waals surface area (Å²) in [6.07, 6.45) is -3.99. The van der Waals surface area contributed by atoms with Crippen LogP contribution in [0.1, 0.15) is 46.9 Å². The molecule has 2 aromatic rings. The molecule has 1 saturated heterocycles. The molecular formula is C22H26F3N5O3. The molecule has 2 amide bonds. The predicted octanol–water partition coefficient (Wildman–Crippen LogP) is 3.77. The standard InChI is InChI=1S/C22H26F3N5O3/c1-3-33-21(32)29-10-8-28(9-11-29)20(31)16-13-26-30-18(22(23,24)25)12-17(27-19(16)30)15-6-4-14(2)5-7-15/h4-7,13,17-18,27H,3,8-12H2,1-2H3/t17-,18-/m1/s1. The van der Waals surface area contributed by atoms with Crippen molar-refractivity contribution in [3.05, 3.63) is 47.2 Å². The lowest BCUT2D eigenvalue weighted by Crippen LogP contribution is -2.50. The van der Waals surface area contributed by atoms with Crippen molar-refractivity contribution in [2.45, 2.75) is 38.5 Å². The third kappa shape index (κ3) is 4.62. The number of alkyl halides is 3. The fourth-order valence-corrected chi connectivity index (χ4v) is 4.21. The maximum absolute atomic E-state index is 13.9. The summed E-state index contributed by atoms with van der Waals surface area (Å²) in [7, 11) is 0. The number of carbonyl (C=O) groups is 2. The molecule has 2 aliphatic rings. The summed E-state index contributed by atoms with van der Waals surface area (Å²) in [4.78, 5) is 28.1. The molecule has 2 aliphatic heterocycles. The molecule has 2 atom stereocenters. The predicted molar refractivity (Wildman–Crippen MR) is 114 cm³/mol. The van der Waals surface area contributed by atoms with Crippen molar-refractivity contribution in [1.29, 1.82) is 0 Å². The number of aryl methyl sites for hydroxylation is 1. The third-order valence-corrected chi connectivity index (χ3v) is 6.04. The summed E-state index contributed by atoms with van der Waals surface area (Å²) in [5, 5.41) is 7.05. The van der Waals surface area contributed by atoms with Gasteiger partial charge in [0.25, 0.3) is 5.91 Å². The fourth-order valence-electron chi connectivity index (χ4n) is 4.21. The molecule has 8 nitrogen and oxygen atoms in total. The van der Waals surface area contributed by atoms with Crippen LogP contribution in [0.3, 0.4) is 0 Å². The second kappa shape index (κ2) is 8.95. The largest absolute Gasteiger partial charge is 0.450 e.